The highest BCUT2D eigenvalue weighted by Gasteiger charge is 2.24. The number of fused-ring (bicyclic) bond motifs is 1. The highest BCUT2D eigenvalue weighted by atomic mass is 35.5. The number of hydrogen-bond acceptors (Lipinski definition) is 2. The van der Waals surface area contributed by atoms with Gasteiger partial charge in [-0.15, -0.1) is 11.8 Å². The van der Waals surface area contributed by atoms with Gasteiger partial charge in [0.25, 0.3) is 0 Å². The molecule has 0 aliphatic rings. The molecule has 0 atom stereocenters. The average Bonchev–Trinajstić information content (AvgIpc) is 2.94. The SMILES string of the molecule is C=C(Cc1c(SC(C)(C)C)c2cc(C(C)C)ccc2n1Cc1ccc(Cl)cc1)C(=O)O. The van der Waals surface area contributed by atoms with Crippen LogP contribution in [0.4, 0.5) is 0 Å². The van der Waals surface area contributed by atoms with Crippen LogP contribution in [0.15, 0.2) is 59.5 Å². The average molecular weight is 456 g/mol. The van der Waals surface area contributed by atoms with Crippen LogP contribution in [0.25, 0.3) is 10.9 Å². The summed E-state index contributed by atoms with van der Waals surface area (Å²) in [4.78, 5) is 12.8. The van der Waals surface area contributed by atoms with Crippen LogP contribution in [0.3, 0.4) is 0 Å². The molecule has 0 spiro atoms. The summed E-state index contributed by atoms with van der Waals surface area (Å²) in [5.74, 6) is -0.549. The summed E-state index contributed by atoms with van der Waals surface area (Å²) in [6.07, 6.45) is 0.299. The van der Waals surface area contributed by atoms with Gasteiger partial charge in [-0.1, -0.05) is 71.0 Å². The molecule has 0 aliphatic heterocycles. The summed E-state index contributed by atoms with van der Waals surface area (Å²) >= 11 is 7.87. The van der Waals surface area contributed by atoms with Crippen LogP contribution < -0.4 is 0 Å². The summed E-state index contributed by atoms with van der Waals surface area (Å²) < 4.78 is 2.22. The summed E-state index contributed by atoms with van der Waals surface area (Å²) in [6.45, 7) is 15.4. The molecular formula is C26H30ClNO2S. The van der Waals surface area contributed by atoms with Gasteiger partial charge in [0.15, 0.2) is 0 Å². The molecule has 2 aromatic carbocycles. The Kier molecular flexibility index (Phi) is 6.92. The minimum Gasteiger partial charge on any atom is -0.478 e. The van der Waals surface area contributed by atoms with E-state index in [4.69, 9.17) is 11.6 Å². The zero-order chi connectivity index (χ0) is 22.9. The normalized spacial score (nSPS) is 12.0. The van der Waals surface area contributed by atoms with Crippen molar-refractivity contribution in [2.24, 2.45) is 0 Å². The molecule has 1 N–H and O–H groups in total. The van der Waals surface area contributed by atoms with Crippen molar-refractivity contribution >= 4 is 40.2 Å². The largest absolute Gasteiger partial charge is 0.478 e. The Bertz CT molecular complexity index is 1120. The topological polar surface area (TPSA) is 42.2 Å². The Morgan fingerprint density at radius 2 is 1.81 bits per heavy atom. The predicted molar refractivity (Wildman–Crippen MR) is 133 cm³/mol. The van der Waals surface area contributed by atoms with E-state index in [-0.39, 0.29) is 10.3 Å². The number of halogens is 1. The summed E-state index contributed by atoms with van der Waals surface area (Å²) in [5, 5.41) is 11.4. The Morgan fingerprint density at radius 3 is 2.35 bits per heavy atom. The van der Waals surface area contributed by atoms with Crippen molar-refractivity contribution in [2.45, 2.75) is 63.1 Å². The van der Waals surface area contributed by atoms with Crippen LogP contribution in [0, 0.1) is 0 Å². The van der Waals surface area contributed by atoms with Gasteiger partial charge in [0.1, 0.15) is 0 Å². The van der Waals surface area contributed by atoms with Crippen LogP contribution in [-0.4, -0.2) is 20.4 Å². The maximum atomic E-state index is 11.6. The highest BCUT2D eigenvalue weighted by Crippen LogP contribution is 2.42. The second-order valence-corrected chi connectivity index (χ2v) is 11.5. The fourth-order valence-corrected chi connectivity index (χ4v) is 4.89. The van der Waals surface area contributed by atoms with E-state index in [1.54, 1.807) is 11.8 Å². The molecular weight excluding hydrogens is 426 g/mol. The van der Waals surface area contributed by atoms with Crippen LogP contribution >= 0.6 is 23.4 Å². The highest BCUT2D eigenvalue weighted by molar-refractivity contribution is 8.00. The van der Waals surface area contributed by atoms with E-state index in [1.807, 2.05) is 24.3 Å². The number of benzene rings is 2. The number of carboxylic acids is 1. The number of aliphatic carboxylic acids is 1. The van der Waals surface area contributed by atoms with Crippen LogP contribution in [0.2, 0.25) is 5.02 Å². The van der Waals surface area contributed by atoms with Gasteiger partial charge in [-0.25, -0.2) is 4.79 Å². The van der Waals surface area contributed by atoms with Crippen LogP contribution in [-0.2, 0) is 17.8 Å². The third kappa shape index (κ3) is 5.55. The molecule has 5 heteroatoms. The molecule has 0 saturated heterocycles. The zero-order valence-electron chi connectivity index (χ0n) is 18.8. The van der Waals surface area contributed by atoms with E-state index >= 15 is 0 Å². The van der Waals surface area contributed by atoms with Crippen molar-refractivity contribution in [2.75, 3.05) is 0 Å². The lowest BCUT2D eigenvalue weighted by Crippen LogP contribution is -2.12. The lowest BCUT2D eigenvalue weighted by atomic mass is 10.0. The molecule has 0 saturated carbocycles. The maximum absolute atomic E-state index is 11.6. The first-order chi connectivity index (χ1) is 14.5. The molecule has 0 amide bonds. The molecule has 0 aliphatic carbocycles. The summed E-state index contributed by atoms with van der Waals surface area (Å²) in [6, 6.07) is 14.4. The van der Waals surface area contributed by atoms with Crippen molar-refractivity contribution in [3.05, 3.63) is 76.5 Å². The number of hydrogen-bond donors (Lipinski definition) is 1. The lowest BCUT2D eigenvalue weighted by molar-refractivity contribution is -0.132. The number of carbonyl (C=O) groups is 1. The molecule has 0 unspecified atom stereocenters. The van der Waals surface area contributed by atoms with Gasteiger partial charge < -0.3 is 9.67 Å². The quantitative estimate of drug-likeness (QED) is 0.295. The second-order valence-electron chi connectivity index (χ2n) is 9.22. The molecule has 0 radical (unpaired) electrons. The monoisotopic (exact) mass is 455 g/mol. The smallest absolute Gasteiger partial charge is 0.331 e. The van der Waals surface area contributed by atoms with E-state index in [9.17, 15) is 9.90 Å². The maximum Gasteiger partial charge on any atom is 0.331 e. The molecule has 1 heterocycles. The minimum absolute atomic E-state index is 0.0213. The summed E-state index contributed by atoms with van der Waals surface area (Å²) in [7, 11) is 0. The van der Waals surface area contributed by atoms with E-state index in [0.717, 1.165) is 21.7 Å². The minimum atomic E-state index is -0.960. The predicted octanol–water partition coefficient (Wildman–Crippen LogP) is 7.54. The van der Waals surface area contributed by atoms with E-state index < -0.39 is 5.97 Å². The van der Waals surface area contributed by atoms with Gasteiger partial charge >= 0.3 is 5.97 Å². The molecule has 31 heavy (non-hydrogen) atoms. The fourth-order valence-electron chi connectivity index (χ4n) is 3.58. The lowest BCUT2D eigenvalue weighted by Gasteiger charge is -2.19. The van der Waals surface area contributed by atoms with Gasteiger partial charge in [-0.2, -0.15) is 0 Å². The number of carboxylic acid groups (broad SMARTS) is 1. The summed E-state index contributed by atoms with van der Waals surface area (Å²) in [5.41, 5.74) is 4.69. The number of rotatable bonds is 7. The van der Waals surface area contributed by atoms with Gasteiger partial charge in [-0.3, -0.25) is 0 Å². The van der Waals surface area contributed by atoms with Crippen molar-refractivity contribution in [3.63, 3.8) is 0 Å². The van der Waals surface area contributed by atoms with Crippen molar-refractivity contribution in [3.8, 4) is 0 Å². The van der Waals surface area contributed by atoms with E-state index in [2.05, 4.69) is 64.0 Å². The molecule has 3 rings (SSSR count). The first kappa shape index (κ1) is 23.5. The Morgan fingerprint density at radius 1 is 1.16 bits per heavy atom. The zero-order valence-corrected chi connectivity index (χ0v) is 20.4. The fraction of sp³-hybridized carbons (Fsp3) is 0.346. The van der Waals surface area contributed by atoms with Crippen molar-refractivity contribution < 1.29 is 9.90 Å². The van der Waals surface area contributed by atoms with E-state index in [1.165, 1.54) is 10.9 Å². The molecule has 0 fully saturated rings. The third-order valence-electron chi connectivity index (χ3n) is 5.16. The van der Waals surface area contributed by atoms with Crippen LogP contribution in [0.1, 0.15) is 57.4 Å². The Labute approximate surface area is 194 Å². The van der Waals surface area contributed by atoms with Gasteiger partial charge in [-0.05, 0) is 41.3 Å². The number of nitrogens with zero attached hydrogens (tertiary/aromatic N) is 1. The Hall–Kier alpha value is -2.17. The second kappa shape index (κ2) is 9.13. The van der Waals surface area contributed by atoms with Gasteiger partial charge in [0.2, 0.25) is 0 Å². The first-order valence-corrected chi connectivity index (χ1v) is 11.6. The molecule has 3 nitrogen and oxygen atoms in total. The molecule has 3 aromatic rings. The molecule has 1 aromatic heterocycles. The van der Waals surface area contributed by atoms with Gasteiger partial charge in [0.05, 0.1) is 0 Å². The van der Waals surface area contributed by atoms with Crippen molar-refractivity contribution in [1.82, 2.24) is 4.57 Å². The number of aromatic nitrogens is 1. The number of thioether (sulfide) groups is 1. The van der Waals surface area contributed by atoms with Gasteiger partial charge in [0, 0.05) is 49.8 Å². The molecule has 0 bridgehead atoms. The van der Waals surface area contributed by atoms with Crippen molar-refractivity contribution in [1.29, 1.82) is 0 Å². The standard InChI is InChI=1S/C26H30ClNO2S/c1-16(2)19-9-12-22-21(14-19)24(31-26(4,5)6)23(13-17(3)25(29)30)28(22)15-18-7-10-20(27)11-8-18/h7-12,14,16H,3,13,15H2,1-2,4-6H3,(H,29,30). The Balaban J connectivity index is 2.27. The van der Waals surface area contributed by atoms with E-state index in [0.29, 0.717) is 23.9 Å². The van der Waals surface area contributed by atoms with Crippen LogP contribution in [0.5, 0.6) is 0 Å². The third-order valence-corrected chi connectivity index (χ3v) is 6.68. The molecule has 164 valence electrons. The first-order valence-electron chi connectivity index (χ1n) is 10.5.